The highest BCUT2D eigenvalue weighted by Gasteiger charge is 2.21. The lowest BCUT2D eigenvalue weighted by molar-refractivity contribution is -0.130. The molecule has 0 saturated carbocycles. The highest BCUT2D eigenvalue weighted by Crippen LogP contribution is 2.21. The Morgan fingerprint density at radius 1 is 1.31 bits per heavy atom. The number of nitrogens with two attached hydrogens (primary N) is 1. The molecular formula is C10H12N2O. The van der Waals surface area contributed by atoms with Gasteiger partial charge in [-0.25, -0.2) is 0 Å². The molecule has 1 amide bonds. The van der Waals surface area contributed by atoms with Crippen molar-refractivity contribution < 1.29 is 4.79 Å². The second-order valence-electron chi connectivity index (χ2n) is 3.22. The molecule has 1 aromatic rings. The summed E-state index contributed by atoms with van der Waals surface area (Å²) in [5.74, 6) is 0.0243. The van der Waals surface area contributed by atoms with Gasteiger partial charge in [0.1, 0.15) is 0 Å². The third-order valence-electron chi connectivity index (χ3n) is 2.37. The molecule has 0 unspecified atom stereocenters. The maximum absolute atomic E-state index is 11.3. The van der Waals surface area contributed by atoms with Gasteiger partial charge in [-0.1, -0.05) is 24.3 Å². The minimum Gasteiger partial charge on any atom is -0.333 e. The first-order valence-electron chi connectivity index (χ1n) is 4.36. The summed E-state index contributed by atoms with van der Waals surface area (Å²) in [6, 6.07) is 8.10. The van der Waals surface area contributed by atoms with E-state index >= 15 is 0 Å². The Balaban J connectivity index is 2.18. The number of benzene rings is 1. The summed E-state index contributed by atoms with van der Waals surface area (Å²) in [5.41, 5.74) is 7.78. The van der Waals surface area contributed by atoms with Gasteiger partial charge in [0.15, 0.2) is 0 Å². The summed E-state index contributed by atoms with van der Waals surface area (Å²) in [7, 11) is 0. The molecular weight excluding hydrogens is 164 g/mol. The zero-order valence-electron chi connectivity index (χ0n) is 7.36. The number of fused-ring (bicyclic) bond motifs is 1. The number of carbonyl (C=O) groups excluding carboxylic acids is 1. The van der Waals surface area contributed by atoms with Crippen molar-refractivity contribution in [1.29, 1.82) is 0 Å². The van der Waals surface area contributed by atoms with E-state index in [9.17, 15) is 4.79 Å². The third-order valence-corrected chi connectivity index (χ3v) is 2.37. The van der Waals surface area contributed by atoms with Crippen LogP contribution in [0, 0.1) is 0 Å². The van der Waals surface area contributed by atoms with Crippen LogP contribution in [0.4, 0.5) is 0 Å². The van der Waals surface area contributed by atoms with E-state index in [0.29, 0.717) is 13.1 Å². The molecule has 0 radical (unpaired) electrons. The predicted octanol–water partition coefficient (Wildman–Crippen LogP) is 0.487. The van der Waals surface area contributed by atoms with Crippen molar-refractivity contribution in [1.82, 2.24) is 4.90 Å². The lowest BCUT2D eigenvalue weighted by Gasteiger charge is -2.13. The van der Waals surface area contributed by atoms with E-state index in [-0.39, 0.29) is 12.5 Å². The fraction of sp³-hybridized carbons (Fsp3) is 0.300. The molecule has 1 aromatic carbocycles. The van der Waals surface area contributed by atoms with Crippen molar-refractivity contribution in [3.05, 3.63) is 35.4 Å². The van der Waals surface area contributed by atoms with Crippen LogP contribution in [0.5, 0.6) is 0 Å². The van der Waals surface area contributed by atoms with Gasteiger partial charge < -0.3 is 10.6 Å². The SMILES string of the molecule is NCC(=O)N1Cc2ccccc2C1. The van der Waals surface area contributed by atoms with Gasteiger partial charge in [0, 0.05) is 13.1 Å². The monoisotopic (exact) mass is 176 g/mol. The second kappa shape index (κ2) is 3.18. The Kier molecular flexibility index (Phi) is 2.02. The summed E-state index contributed by atoms with van der Waals surface area (Å²) >= 11 is 0. The van der Waals surface area contributed by atoms with Gasteiger partial charge in [0.25, 0.3) is 0 Å². The number of amides is 1. The molecule has 68 valence electrons. The molecule has 13 heavy (non-hydrogen) atoms. The van der Waals surface area contributed by atoms with Crippen LogP contribution in [0.3, 0.4) is 0 Å². The van der Waals surface area contributed by atoms with Gasteiger partial charge in [-0.15, -0.1) is 0 Å². The zero-order valence-corrected chi connectivity index (χ0v) is 7.36. The Morgan fingerprint density at radius 3 is 2.31 bits per heavy atom. The van der Waals surface area contributed by atoms with E-state index in [1.54, 1.807) is 4.90 Å². The van der Waals surface area contributed by atoms with E-state index in [0.717, 1.165) is 0 Å². The molecule has 2 N–H and O–H groups in total. The van der Waals surface area contributed by atoms with Crippen molar-refractivity contribution in [2.75, 3.05) is 6.54 Å². The largest absolute Gasteiger partial charge is 0.333 e. The molecule has 0 spiro atoms. The van der Waals surface area contributed by atoms with Gasteiger partial charge in [0.2, 0.25) is 5.91 Å². The summed E-state index contributed by atoms with van der Waals surface area (Å²) in [5, 5.41) is 0. The summed E-state index contributed by atoms with van der Waals surface area (Å²) in [6.45, 7) is 1.53. The van der Waals surface area contributed by atoms with Crippen LogP contribution in [0.25, 0.3) is 0 Å². The minimum atomic E-state index is 0.0243. The summed E-state index contributed by atoms with van der Waals surface area (Å²) in [4.78, 5) is 13.1. The van der Waals surface area contributed by atoms with Crippen LogP contribution in [0.1, 0.15) is 11.1 Å². The number of nitrogens with zero attached hydrogens (tertiary/aromatic N) is 1. The topological polar surface area (TPSA) is 46.3 Å². The van der Waals surface area contributed by atoms with Gasteiger partial charge in [-0.05, 0) is 11.1 Å². The molecule has 0 bridgehead atoms. The second-order valence-corrected chi connectivity index (χ2v) is 3.22. The molecule has 1 heterocycles. The molecule has 0 saturated heterocycles. The van der Waals surface area contributed by atoms with Crippen LogP contribution in [0.2, 0.25) is 0 Å². The number of carbonyl (C=O) groups is 1. The summed E-state index contributed by atoms with van der Waals surface area (Å²) < 4.78 is 0. The molecule has 0 aromatic heterocycles. The molecule has 2 rings (SSSR count). The highest BCUT2D eigenvalue weighted by molar-refractivity contribution is 5.78. The molecule has 3 nitrogen and oxygen atoms in total. The lowest BCUT2D eigenvalue weighted by atomic mass is 10.1. The van der Waals surface area contributed by atoms with Crippen molar-refractivity contribution in [2.45, 2.75) is 13.1 Å². The van der Waals surface area contributed by atoms with E-state index in [2.05, 4.69) is 12.1 Å². The van der Waals surface area contributed by atoms with Gasteiger partial charge in [0.05, 0.1) is 6.54 Å². The predicted molar refractivity (Wildman–Crippen MR) is 49.8 cm³/mol. The quantitative estimate of drug-likeness (QED) is 0.676. The summed E-state index contributed by atoms with van der Waals surface area (Å²) in [6.07, 6.45) is 0. The van der Waals surface area contributed by atoms with Gasteiger partial charge in [-0.2, -0.15) is 0 Å². The van der Waals surface area contributed by atoms with Gasteiger partial charge >= 0.3 is 0 Å². The third kappa shape index (κ3) is 1.42. The molecule has 1 aliphatic rings. The first kappa shape index (κ1) is 8.26. The Bertz CT molecular complexity index is 310. The first-order valence-corrected chi connectivity index (χ1v) is 4.36. The van der Waals surface area contributed by atoms with Crippen LogP contribution in [-0.4, -0.2) is 17.4 Å². The molecule has 0 atom stereocenters. The molecule has 0 aliphatic carbocycles. The first-order chi connectivity index (χ1) is 6.31. The fourth-order valence-corrected chi connectivity index (χ4v) is 1.64. The average Bonchev–Trinajstić information content (AvgIpc) is 2.59. The van der Waals surface area contributed by atoms with Gasteiger partial charge in [-0.3, -0.25) is 4.79 Å². The van der Waals surface area contributed by atoms with Crippen molar-refractivity contribution in [2.24, 2.45) is 5.73 Å². The van der Waals surface area contributed by atoms with Crippen molar-refractivity contribution >= 4 is 5.91 Å². The zero-order chi connectivity index (χ0) is 9.26. The Morgan fingerprint density at radius 2 is 1.85 bits per heavy atom. The lowest BCUT2D eigenvalue weighted by Crippen LogP contribution is -2.31. The molecule has 1 aliphatic heterocycles. The van der Waals surface area contributed by atoms with Crippen molar-refractivity contribution in [3.63, 3.8) is 0 Å². The van der Waals surface area contributed by atoms with E-state index in [1.165, 1.54) is 11.1 Å². The maximum atomic E-state index is 11.3. The van der Waals surface area contributed by atoms with E-state index in [4.69, 9.17) is 5.73 Å². The Labute approximate surface area is 77.1 Å². The average molecular weight is 176 g/mol. The highest BCUT2D eigenvalue weighted by atomic mass is 16.2. The standard InChI is InChI=1S/C10H12N2O/c11-5-10(13)12-6-8-3-1-2-4-9(8)7-12/h1-4H,5-7,11H2. The number of rotatable bonds is 1. The normalized spacial score (nSPS) is 14.4. The molecule has 3 heteroatoms. The molecule has 0 fully saturated rings. The van der Waals surface area contributed by atoms with Crippen LogP contribution < -0.4 is 5.73 Å². The van der Waals surface area contributed by atoms with Crippen LogP contribution in [0.15, 0.2) is 24.3 Å². The minimum absolute atomic E-state index is 0.0243. The van der Waals surface area contributed by atoms with E-state index < -0.39 is 0 Å². The Hall–Kier alpha value is -1.35. The van der Waals surface area contributed by atoms with Crippen LogP contribution in [-0.2, 0) is 17.9 Å². The fourth-order valence-electron chi connectivity index (χ4n) is 1.64. The maximum Gasteiger partial charge on any atom is 0.236 e. The number of hydrogen-bond donors (Lipinski definition) is 1. The smallest absolute Gasteiger partial charge is 0.236 e. The van der Waals surface area contributed by atoms with E-state index in [1.807, 2.05) is 12.1 Å². The van der Waals surface area contributed by atoms with Crippen LogP contribution >= 0.6 is 0 Å². The van der Waals surface area contributed by atoms with Crippen molar-refractivity contribution in [3.8, 4) is 0 Å². The number of hydrogen-bond acceptors (Lipinski definition) is 2.